The fourth-order valence-electron chi connectivity index (χ4n) is 4.75. The van der Waals surface area contributed by atoms with E-state index in [1.165, 1.54) is 5.38 Å². The van der Waals surface area contributed by atoms with Crippen LogP contribution in [0.2, 0.25) is 0 Å². The number of carbonyl (C=O) groups excluding carboxylic acids is 4. The average Bonchev–Trinajstić information content (AvgIpc) is 3.65. The molecule has 0 saturated carbocycles. The molecule has 2 aromatic carbocycles. The van der Waals surface area contributed by atoms with Crippen LogP contribution in [0.5, 0.6) is 0 Å². The van der Waals surface area contributed by atoms with Gasteiger partial charge in [-0.05, 0) is 23.6 Å². The number of benzene rings is 2. The molecule has 2 aliphatic heterocycles. The number of hydrogen-bond acceptors (Lipinski definition) is 9. The van der Waals surface area contributed by atoms with Crippen molar-refractivity contribution in [1.29, 1.82) is 0 Å². The van der Waals surface area contributed by atoms with Gasteiger partial charge < -0.3 is 19.4 Å². The molecule has 11 nitrogen and oxygen atoms in total. The van der Waals surface area contributed by atoms with Crippen molar-refractivity contribution in [3.05, 3.63) is 94.0 Å². The van der Waals surface area contributed by atoms with Crippen LogP contribution >= 0.6 is 11.3 Å². The second-order valence-electron chi connectivity index (χ2n) is 9.03. The van der Waals surface area contributed by atoms with E-state index in [1.54, 1.807) is 6.07 Å². The van der Waals surface area contributed by atoms with E-state index in [2.05, 4.69) is 15.6 Å². The topological polar surface area (TPSA) is 147 Å². The summed E-state index contributed by atoms with van der Waals surface area (Å²) in [5.74, 6) is -2.59. The van der Waals surface area contributed by atoms with Crippen LogP contribution in [0.25, 0.3) is 0 Å². The molecular formula is C27H24N4O7S. The number of carbonyl (C=O) groups is 4. The van der Waals surface area contributed by atoms with Gasteiger partial charge >= 0.3 is 17.8 Å². The summed E-state index contributed by atoms with van der Waals surface area (Å²) in [4.78, 5) is 56.4. The van der Waals surface area contributed by atoms with E-state index in [-0.39, 0.29) is 48.6 Å². The molecule has 4 amide bonds. The van der Waals surface area contributed by atoms with E-state index >= 15 is 0 Å². The first-order valence-corrected chi connectivity index (χ1v) is 12.9. The Morgan fingerprint density at radius 1 is 1.13 bits per heavy atom. The molecule has 2 N–H and O–H groups in total. The normalized spacial score (nSPS) is 19.3. The Hall–Kier alpha value is -4.55. The first-order chi connectivity index (χ1) is 18.8. The van der Waals surface area contributed by atoms with E-state index in [0.717, 1.165) is 28.0 Å². The number of nitrogens with one attached hydrogen (secondary N) is 2. The fourth-order valence-corrected chi connectivity index (χ4v) is 5.43. The summed E-state index contributed by atoms with van der Waals surface area (Å²) >= 11 is 0.886. The van der Waals surface area contributed by atoms with Gasteiger partial charge in [-0.25, -0.2) is 14.6 Å². The summed E-state index contributed by atoms with van der Waals surface area (Å²) < 4.78 is 10.5. The van der Waals surface area contributed by atoms with E-state index in [0.29, 0.717) is 0 Å². The Kier molecular flexibility index (Phi) is 7.13. The maximum Gasteiger partial charge on any atom is 0.433 e. The van der Waals surface area contributed by atoms with Crippen LogP contribution < -0.4 is 15.7 Å². The van der Waals surface area contributed by atoms with E-state index in [4.69, 9.17) is 9.47 Å². The number of anilines is 1. The predicted molar refractivity (Wildman–Crippen MR) is 137 cm³/mol. The minimum atomic E-state index is -1.49. The van der Waals surface area contributed by atoms with Crippen molar-refractivity contribution >= 4 is 40.3 Å². The van der Waals surface area contributed by atoms with E-state index in [9.17, 15) is 24.3 Å². The van der Waals surface area contributed by atoms with E-state index in [1.807, 2.05) is 55.5 Å². The highest BCUT2D eigenvalue weighted by Crippen LogP contribution is 2.37. The molecule has 3 heterocycles. The number of urea groups is 1. The minimum absolute atomic E-state index is 0.0120. The number of hydrogen-bond donors (Lipinski definition) is 2. The van der Waals surface area contributed by atoms with Crippen LogP contribution in [0.3, 0.4) is 0 Å². The third kappa shape index (κ3) is 4.87. The van der Waals surface area contributed by atoms with Crippen LogP contribution in [-0.2, 0) is 31.9 Å². The Morgan fingerprint density at radius 2 is 1.87 bits per heavy atom. The average molecular weight is 549 g/mol. The highest BCUT2D eigenvalue weighted by molar-refractivity contribution is 7.14. The number of rotatable bonds is 9. The molecule has 39 heavy (non-hydrogen) atoms. The Balaban J connectivity index is 1.63. The molecule has 0 spiro atoms. The Labute approximate surface area is 227 Å². The number of aromatic nitrogens is 1. The molecule has 3 aromatic rings. The molecule has 0 radical (unpaired) electrons. The van der Waals surface area contributed by atoms with Gasteiger partial charge in [0.25, 0.3) is 5.91 Å². The molecule has 0 bridgehead atoms. The lowest BCUT2D eigenvalue weighted by molar-refractivity contribution is -0.763. The van der Waals surface area contributed by atoms with E-state index < -0.39 is 34.3 Å². The second kappa shape index (κ2) is 10.7. The number of nitrogens with zero attached hydrogens (tertiary/aromatic N) is 2. The zero-order chi connectivity index (χ0) is 27.6. The van der Waals surface area contributed by atoms with Gasteiger partial charge in [-0.15, -0.1) is 11.3 Å². The number of amides is 4. The van der Waals surface area contributed by atoms with Gasteiger partial charge in [-0.2, -0.15) is 0 Å². The largest absolute Gasteiger partial charge is 0.543 e. The van der Waals surface area contributed by atoms with Crippen molar-refractivity contribution in [3.8, 4) is 0 Å². The summed E-state index contributed by atoms with van der Waals surface area (Å²) in [6.45, 7) is 1.33. The molecule has 12 heteroatoms. The van der Waals surface area contributed by atoms with Gasteiger partial charge in [0, 0.05) is 18.2 Å². The van der Waals surface area contributed by atoms with Crippen LogP contribution in [0.15, 0.2) is 71.6 Å². The van der Waals surface area contributed by atoms with Gasteiger partial charge in [-0.3, -0.25) is 15.4 Å². The highest BCUT2D eigenvalue weighted by atomic mass is 32.1. The zero-order valence-electron chi connectivity index (χ0n) is 20.8. The lowest BCUT2D eigenvalue weighted by Gasteiger charge is -2.33. The molecule has 0 aliphatic carbocycles. The molecule has 2 atom stereocenters. The quantitative estimate of drug-likeness (QED) is 0.304. The van der Waals surface area contributed by atoms with Gasteiger partial charge in [0.15, 0.2) is 11.2 Å². The molecular weight excluding hydrogens is 524 g/mol. The monoisotopic (exact) mass is 548 g/mol. The third-order valence-electron chi connectivity index (χ3n) is 6.69. The third-order valence-corrected chi connectivity index (χ3v) is 7.45. The molecule has 1 aromatic heterocycles. The Morgan fingerprint density at radius 3 is 2.54 bits per heavy atom. The second-order valence-corrected chi connectivity index (χ2v) is 9.89. The van der Waals surface area contributed by atoms with Crippen molar-refractivity contribution in [2.24, 2.45) is 0 Å². The summed E-state index contributed by atoms with van der Waals surface area (Å²) in [6, 6.07) is 14.6. The number of carboxylic acids is 1. The summed E-state index contributed by atoms with van der Waals surface area (Å²) in [5.41, 5.74) is 2.11. The standard InChI is InChI=1S/C27H24N4O7S/c1-16-7-5-6-10-18(16)12-20(23(33)30-26-29-19(14-39-26)25(34)35)31(22(32)13-28-27(31)36)24-21(37-15-38-24)11-17-8-3-2-4-9-17/h2-10,14,20H,11-13,15H2,1H3,(H2-,28,29,30,33,34,35,36)/t20-,31?/m0/s1. The first kappa shape index (κ1) is 26.1. The number of ether oxygens (including phenoxy) is 2. The number of thiazole rings is 1. The zero-order valence-corrected chi connectivity index (χ0v) is 21.7. The number of aryl methyl sites for hydroxylation is 1. The molecule has 200 valence electrons. The van der Waals surface area contributed by atoms with Gasteiger partial charge in [0.1, 0.15) is 6.54 Å². The number of allylic oxidation sites excluding steroid dienone is 1. The number of imide groups is 1. The smallest absolute Gasteiger partial charge is 0.433 e. The number of aromatic carboxylic acids is 1. The minimum Gasteiger partial charge on any atom is -0.543 e. The van der Waals surface area contributed by atoms with Gasteiger partial charge in [0.05, 0.1) is 11.7 Å². The van der Waals surface area contributed by atoms with Gasteiger partial charge in [-0.1, -0.05) is 59.1 Å². The molecule has 5 rings (SSSR count). The predicted octanol–water partition coefficient (Wildman–Crippen LogP) is 1.85. The van der Waals surface area contributed by atoms with Crippen LogP contribution in [0.4, 0.5) is 9.93 Å². The van der Waals surface area contributed by atoms with Crippen molar-refractivity contribution in [2.45, 2.75) is 25.8 Å². The van der Waals surface area contributed by atoms with Crippen LogP contribution in [-0.4, -0.2) is 52.7 Å². The van der Waals surface area contributed by atoms with Crippen molar-refractivity contribution in [2.75, 3.05) is 18.7 Å². The number of carboxylic acid groups (broad SMARTS) is 1. The molecule has 2 aliphatic rings. The molecule has 1 unspecified atom stereocenters. The lowest BCUT2D eigenvalue weighted by Crippen LogP contribution is -2.64. The highest BCUT2D eigenvalue weighted by Gasteiger charge is 2.64. The fraction of sp³-hybridized carbons (Fsp3) is 0.222. The van der Waals surface area contributed by atoms with Crippen molar-refractivity contribution < 1.29 is 38.2 Å². The van der Waals surface area contributed by atoms with Crippen LogP contribution in [0.1, 0.15) is 27.2 Å². The SMILES string of the molecule is Cc1ccccc1C[C@@H](C(=O)Nc1nc(C(=O)[O-])cs1)[N+]1(C2=C(Cc3ccccc3)OCO2)C(=O)CNC1=O. The number of quaternary nitrogens is 1. The van der Waals surface area contributed by atoms with Crippen molar-refractivity contribution in [3.63, 3.8) is 0 Å². The summed E-state index contributed by atoms with van der Waals surface area (Å²) in [7, 11) is 0. The first-order valence-electron chi connectivity index (χ1n) is 12.1. The molecule has 1 saturated heterocycles. The maximum atomic E-state index is 13.9. The maximum absolute atomic E-state index is 13.9. The molecule has 1 fully saturated rings. The summed E-state index contributed by atoms with van der Waals surface area (Å²) in [5, 5.41) is 17.6. The van der Waals surface area contributed by atoms with Gasteiger partial charge in [0.2, 0.25) is 12.6 Å². The van der Waals surface area contributed by atoms with Crippen LogP contribution in [0, 0.1) is 6.92 Å². The Bertz CT molecular complexity index is 1470. The van der Waals surface area contributed by atoms with Crippen molar-refractivity contribution in [1.82, 2.24) is 10.3 Å². The lowest BCUT2D eigenvalue weighted by atomic mass is 9.97. The summed E-state index contributed by atoms with van der Waals surface area (Å²) in [6.07, 6.45) is 0.221.